The van der Waals surface area contributed by atoms with Gasteiger partial charge in [0, 0.05) is 29.4 Å². The van der Waals surface area contributed by atoms with Crippen LogP contribution in [-0.4, -0.2) is 24.1 Å². The van der Waals surface area contributed by atoms with Crippen molar-refractivity contribution in [2.24, 2.45) is 0 Å². The molecule has 1 saturated carbocycles. The molecule has 0 unspecified atom stereocenters. The molecule has 1 fully saturated rings. The van der Waals surface area contributed by atoms with E-state index in [1.165, 1.54) is 33.6 Å². The second kappa shape index (κ2) is 6.58. The lowest BCUT2D eigenvalue weighted by molar-refractivity contribution is 0.622. The van der Waals surface area contributed by atoms with E-state index in [4.69, 9.17) is 0 Å². The van der Waals surface area contributed by atoms with Crippen LogP contribution in [0.4, 0.5) is 4.39 Å². The first-order valence-electron chi connectivity index (χ1n) is 8.49. The minimum Gasteiger partial charge on any atom is -0.299 e. The smallest absolute Gasteiger partial charge is 0.258 e. The number of fused-ring (bicyclic) bond motifs is 1. The molecule has 0 saturated heterocycles. The fraction of sp³-hybridized carbons (Fsp3) is 0.222. The molecule has 1 aliphatic carbocycles. The Morgan fingerprint density at radius 2 is 2.11 bits per heavy atom. The Morgan fingerprint density at radius 1 is 1.26 bits per heavy atom. The van der Waals surface area contributed by atoms with Crippen molar-refractivity contribution in [1.82, 2.24) is 24.1 Å². The van der Waals surface area contributed by atoms with Crippen molar-refractivity contribution in [1.29, 1.82) is 0 Å². The molecule has 0 radical (unpaired) electrons. The van der Waals surface area contributed by atoms with E-state index in [9.17, 15) is 9.18 Å². The highest BCUT2D eigenvalue weighted by Crippen LogP contribution is 2.41. The van der Waals surface area contributed by atoms with Crippen LogP contribution in [0.2, 0.25) is 0 Å². The van der Waals surface area contributed by atoms with Gasteiger partial charge in [-0.15, -0.1) is 21.5 Å². The number of halogens is 1. The first-order chi connectivity index (χ1) is 13.2. The average molecular weight is 399 g/mol. The van der Waals surface area contributed by atoms with Crippen LogP contribution in [-0.2, 0) is 5.75 Å². The summed E-state index contributed by atoms with van der Waals surface area (Å²) >= 11 is 2.90. The molecule has 1 aliphatic rings. The predicted molar refractivity (Wildman–Crippen MR) is 103 cm³/mol. The topological polar surface area (TPSA) is 65.1 Å². The maximum Gasteiger partial charge on any atom is 0.258 e. The summed E-state index contributed by atoms with van der Waals surface area (Å²) in [5.74, 6) is 0.757. The third-order valence-electron chi connectivity index (χ3n) is 4.40. The van der Waals surface area contributed by atoms with E-state index in [0.29, 0.717) is 33.8 Å². The Morgan fingerprint density at radius 3 is 2.93 bits per heavy atom. The summed E-state index contributed by atoms with van der Waals surface area (Å²) in [7, 11) is 0. The van der Waals surface area contributed by atoms with Crippen molar-refractivity contribution < 1.29 is 4.39 Å². The standard InChI is InChI=1S/C18H14FN5OS2/c19-14-4-2-1-3-13(14)16-21-22-18(24(16)12-5-6-12)27-10-11-9-15(25)23-7-8-26-17(23)20-11/h1-4,7-9,12H,5-6,10H2. The van der Waals surface area contributed by atoms with Gasteiger partial charge in [-0.1, -0.05) is 23.9 Å². The van der Waals surface area contributed by atoms with Gasteiger partial charge in [-0.05, 0) is 25.0 Å². The van der Waals surface area contributed by atoms with Gasteiger partial charge >= 0.3 is 0 Å². The molecule has 3 heterocycles. The number of thiazole rings is 1. The molecule has 0 atom stereocenters. The Hall–Kier alpha value is -2.52. The predicted octanol–water partition coefficient (Wildman–Crippen LogP) is 3.78. The number of rotatable bonds is 5. The molecule has 136 valence electrons. The molecule has 0 amide bonds. The Labute approximate surface area is 161 Å². The lowest BCUT2D eigenvalue weighted by atomic mass is 10.2. The van der Waals surface area contributed by atoms with Crippen LogP contribution in [0.5, 0.6) is 0 Å². The number of thioether (sulfide) groups is 1. The van der Waals surface area contributed by atoms with Gasteiger partial charge in [0.15, 0.2) is 15.9 Å². The van der Waals surface area contributed by atoms with Crippen molar-refractivity contribution in [2.45, 2.75) is 29.8 Å². The van der Waals surface area contributed by atoms with Gasteiger partial charge < -0.3 is 0 Å². The van der Waals surface area contributed by atoms with E-state index in [0.717, 1.165) is 18.0 Å². The molecular formula is C18H14FN5OS2. The second-order valence-electron chi connectivity index (χ2n) is 6.32. The second-order valence-corrected chi connectivity index (χ2v) is 8.13. The van der Waals surface area contributed by atoms with Crippen molar-refractivity contribution in [3.63, 3.8) is 0 Å². The lowest BCUT2D eigenvalue weighted by Crippen LogP contribution is -2.12. The SMILES string of the molecule is O=c1cc(CSc2nnc(-c3ccccc3F)n2C2CC2)nc2sccn12. The van der Waals surface area contributed by atoms with Crippen LogP contribution in [0.3, 0.4) is 0 Å². The van der Waals surface area contributed by atoms with Crippen LogP contribution in [0.25, 0.3) is 16.3 Å². The van der Waals surface area contributed by atoms with E-state index in [1.54, 1.807) is 30.5 Å². The van der Waals surface area contributed by atoms with Crippen molar-refractivity contribution in [3.05, 3.63) is 63.8 Å². The van der Waals surface area contributed by atoms with Gasteiger partial charge in [0.2, 0.25) is 0 Å². The molecular weight excluding hydrogens is 385 g/mol. The van der Waals surface area contributed by atoms with Crippen LogP contribution in [0.1, 0.15) is 24.6 Å². The zero-order valence-corrected chi connectivity index (χ0v) is 15.7. The van der Waals surface area contributed by atoms with Crippen LogP contribution < -0.4 is 5.56 Å². The number of benzene rings is 1. The zero-order chi connectivity index (χ0) is 18.4. The summed E-state index contributed by atoms with van der Waals surface area (Å²) in [4.78, 5) is 17.3. The van der Waals surface area contributed by atoms with Crippen LogP contribution >= 0.6 is 23.1 Å². The largest absolute Gasteiger partial charge is 0.299 e. The number of aromatic nitrogens is 5. The Kier molecular flexibility index (Phi) is 4.05. The highest BCUT2D eigenvalue weighted by Gasteiger charge is 2.31. The van der Waals surface area contributed by atoms with Gasteiger partial charge in [0.1, 0.15) is 5.82 Å². The molecule has 0 bridgehead atoms. The van der Waals surface area contributed by atoms with Gasteiger partial charge in [0.25, 0.3) is 5.56 Å². The van der Waals surface area contributed by atoms with E-state index in [-0.39, 0.29) is 11.4 Å². The fourth-order valence-electron chi connectivity index (χ4n) is 2.96. The highest BCUT2D eigenvalue weighted by molar-refractivity contribution is 7.98. The first-order valence-corrected chi connectivity index (χ1v) is 10.4. The molecule has 4 aromatic rings. The molecule has 3 aromatic heterocycles. The number of nitrogens with zero attached hydrogens (tertiary/aromatic N) is 5. The average Bonchev–Trinajstić information content (AvgIpc) is 3.23. The maximum absolute atomic E-state index is 14.2. The van der Waals surface area contributed by atoms with Crippen molar-refractivity contribution in [3.8, 4) is 11.4 Å². The number of hydrogen-bond donors (Lipinski definition) is 0. The lowest BCUT2D eigenvalue weighted by Gasteiger charge is -2.09. The van der Waals surface area contributed by atoms with E-state index >= 15 is 0 Å². The molecule has 9 heteroatoms. The summed E-state index contributed by atoms with van der Waals surface area (Å²) in [6.07, 6.45) is 3.79. The summed E-state index contributed by atoms with van der Waals surface area (Å²) in [6.45, 7) is 0. The maximum atomic E-state index is 14.2. The normalized spacial score (nSPS) is 14.1. The third-order valence-corrected chi connectivity index (χ3v) is 6.13. The van der Waals surface area contributed by atoms with Gasteiger partial charge in [-0.3, -0.25) is 13.8 Å². The van der Waals surface area contributed by atoms with Gasteiger partial charge in [0.05, 0.1) is 11.3 Å². The third kappa shape index (κ3) is 3.06. The first kappa shape index (κ1) is 16.6. The van der Waals surface area contributed by atoms with Gasteiger partial charge in [-0.25, -0.2) is 9.37 Å². The molecule has 0 aliphatic heterocycles. The quantitative estimate of drug-likeness (QED) is 0.478. The summed E-state index contributed by atoms with van der Waals surface area (Å²) < 4.78 is 17.8. The highest BCUT2D eigenvalue weighted by atomic mass is 32.2. The zero-order valence-electron chi connectivity index (χ0n) is 14.1. The molecule has 1 aromatic carbocycles. The molecule has 6 nitrogen and oxygen atoms in total. The van der Waals surface area contributed by atoms with Crippen LogP contribution in [0.15, 0.2) is 51.9 Å². The van der Waals surface area contributed by atoms with Crippen molar-refractivity contribution >= 4 is 28.1 Å². The summed E-state index contributed by atoms with van der Waals surface area (Å²) in [5.41, 5.74) is 1.07. The van der Waals surface area contributed by atoms with Crippen LogP contribution in [0, 0.1) is 5.82 Å². The van der Waals surface area contributed by atoms with E-state index in [1.807, 2.05) is 9.95 Å². The molecule has 0 N–H and O–H groups in total. The van der Waals surface area contributed by atoms with Crippen molar-refractivity contribution in [2.75, 3.05) is 0 Å². The summed E-state index contributed by atoms with van der Waals surface area (Å²) in [6, 6.07) is 8.46. The molecule has 27 heavy (non-hydrogen) atoms. The minimum atomic E-state index is -0.304. The Balaban J connectivity index is 1.47. The van der Waals surface area contributed by atoms with E-state index in [2.05, 4.69) is 15.2 Å². The van der Waals surface area contributed by atoms with Gasteiger partial charge in [-0.2, -0.15) is 0 Å². The summed E-state index contributed by atoms with van der Waals surface area (Å²) in [5, 5.41) is 11.1. The minimum absolute atomic E-state index is 0.0902. The van der Waals surface area contributed by atoms with E-state index < -0.39 is 0 Å². The molecule has 5 rings (SSSR count). The number of hydrogen-bond acceptors (Lipinski definition) is 6. The molecule has 0 spiro atoms. The fourth-order valence-corrected chi connectivity index (χ4v) is 4.60. The monoisotopic (exact) mass is 399 g/mol. The Bertz CT molecular complexity index is 1190.